The lowest BCUT2D eigenvalue weighted by atomic mass is 10.2. The van der Waals surface area contributed by atoms with Crippen LogP contribution in [0.15, 0.2) is 41.0 Å². The third-order valence-electron chi connectivity index (χ3n) is 3.38. The Morgan fingerprint density at radius 3 is 2.62 bits per heavy atom. The van der Waals surface area contributed by atoms with E-state index in [2.05, 4.69) is 26.2 Å². The highest BCUT2D eigenvalue weighted by Gasteiger charge is 2.16. The second kappa shape index (κ2) is 7.92. The number of methoxy groups -OCH3 is 1. The Morgan fingerprint density at radius 2 is 2.04 bits per heavy atom. The van der Waals surface area contributed by atoms with E-state index >= 15 is 0 Å². The number of aromatic nitrogens is 1. The molecule has 1 N–H and O–H groups in total. The molecule has 0 saturated carbocycles. The van der Waals surface area contributed by atoms with Gasteiger partial charge in [0.2, 0.25) is 11.8 Å². The Kier molecular flexibility index (Phi) is 5.92. The molecule has 0 aliphatic carbocycles. The van der Waals surface area contributed by atoms with Crippen molar-refractivity contribution < 1.29 is 14.3 Å². The quantitative estimate of drug-likeness (QED) is 0.850. The number of hydrogen-bond donors (Lipinski definition) is 1. The lowest BCUT2D eigenvalue weighted by Crippen LogP contribution is -2.35. The summed E-state index contributed by atoms with van der Waals surface area (Å²) in [5, 5.41) is 2.80. The molecule has 126 valence electrons. The van der Waals surface area contributed by atoms with Crippen molar-refractivity contribution in [2.75, 3.05) is 26.0 Å². The largest absolute Gasteiger partial charge is 0.481 e. The molecule has 0 aliphatic heterocycles. The Hall–Kier alpha value is -2.41. The number of carbonyl (C=O) groups excluding carboxylic acids is 2. The highest BCUT2D eigenvalue weighted by Crippen LogP contribution is 2.20. The van der Waals surface area contributed by atoms with E-state index in [1.54, 1.807) is 19.2 Å². The van der Waals surface area contributed by atoms with Crippen molar-refractivity contribution in [2.45, 2.75) is 6.92 Å². The van der Waals surface area contributed by atoms with E-state index < -0.39 is 0 Å². The van der Waals surface area contributed by atoms with E-state index in [4.69, 9.17) is 4.74 Å². The zero-order valence-corrected chi connectivity index (χ0v) is 15.3. The molecular weight excluding hydrogens is 374 g/mol. The summed E-state index contributed by atoms with van der Waals surface area (Å²) in [6.45, 7) is 1.85. The van der Waals surface area contributed by atoms with Crippen LogP contribution in [-0.4, -0.2) is 42.4 Å². The SMILES string of the molecule is COc1ccc(C(=O)N(C)CC(=O)Nc2ccc(Br)cc2C)cn1. The summed E-state index contributed by atoms with van der Waals surface area (Å²) >= 11 is 3.38. The molecule has 24 heavy (non-hydrogen) atoms. The Labute approximate surface area is 149 Å². The maximum absolute atomic E-state index is 12.3. The summed E-state index contributed by atoms with van der Waals surface area (Å²) in [6, 6.07) is 8.79. The van der Waals surface area contributed by atoms with Gasteiger partial charge < -0.3 is 15.0 Å². The zero-order chi connectivity index (χ0) is 17.7. The number of pyridine rings is 1. The molecule has 0 atom stereocenters. The molecule has 1 aromatic carbocycles. The van der Waals surface area contributed by atoms with Gasteiger partial charge in [-0.15, -0.1) is 0 Å². The Bertz CT molecular complexity index is 747. The number of halogens is 1. The molecule has 1 aromatic heterocycles. The van der Waals surface area contributed by atoms with Crippen LogP contribution in [0, 0.1) is 6.92 Å². The number of nitrogens with one attached hydrogen (secondary N) is 1. The van der Waals surface area contributed by atoms with Crippen LogP contribution in [0.5, 0.6) is 5.88 Å². The van der Waals surface area contributed by atoms with Gasteiger partial charge in [-0.05, 0) is 36.8 Å². The van der Waals surface area contributed by atoms with E-state index in [1.165, 1.54) is 18.2 Å². The third kappa shape index (κ3) is 4.55. The summed E-state index contributed by atoms with van der Waals surface area (Å²) in [5.74, 6) is -0.122. The molecule has 0 fully saturated rings. The van der Waals surface area contributed by atoms with Crippen molar-refractivity contribution in [3.8, 4) is 5.88 Å². The first-order chi connectivity index (χ1) is 11.4. The predicted molar refractivity (Wildman–Crippen MR) is 95.3 cm³/mol. The first kappa shape index (κ1) is 17.9. The van der Waals surface area contributed by atoms with Crippen LogP contribution in [0.1, 0.15) is 15.9 Å². The Morgan fingerprint density at radius 1 is 1.29 bits per heavy atom. The van der Waals surface area contributed by atoms with E-state index in [0.717, 1.165) is 15.7 Å². The van der Waals surface area contributed by atoms with Crippen LogP contribution in [0.4, 0.5) is 5.69 Å². The molecule has 0 aliphatic rings. The van der Waals surface area contributed by atoms with Crippen molar-refractivity contribution in [3.63, 3.8) is 0 Å². The van der Waals surface area contributed by atoms with Crippen molar-refractivity contribution in [2.24, 2.45) is 0 Å². The minimum absolute atomic E-state index is 0.0552. The first-order valence-corrected chi connectivity index (χ1v) is 8.01. The van der Waals surface area contributed by atoms with Gasteiger partial charge in [0, 0.05) is 29.5 Å². The second-order valence-corrected chi connectivity index (χ2v) is 6.17. The van der Waals surface area contributed by atoms with Crippen LogP contribution in [0.2, 0.25) is 0 Å². The summed E-state index contributed by atoms with van der Waals surface area (Å²) in [4.78, 5) is 29.8. The van der Waals surface area contributed by atoms with Gasteiger partial charge in [-0.3, -0.25) is 9.59 Å². The number of aryl methyl sites for hydroxylation is 1. The maximum Gasteiger partial charge on any atom is 0.255 e. The molecule has 2 amide bonds. The number of anilines is 1. The van der Waals surface area contributed by atoms with Gasteiger partial charge in [0.05, 0.1) is 19.2 Å². The topological polar surface area (TPSA) is 71.5 Å². The first-order valence-electron chi connectivity index (χ1n) is 7.22. The summed E-state index contributed by atoms with van der Waals surface area (Å²) in [7, 11) is 3.07. The lowest BCUT2D eigenvalue weighted by molar-refractivity contribution is -0.116. The summed E-state index contributed by atoms with van der Waals surface area (Å²) in [6.07, 6.45) is 1.43. The number of nitrogens with zero attached hydrogens (tertiary/aromatic N) is 2. The predicted octanol–water partition coefficient (Wildman–Crippen LogP) is 2.87. The number of carbonyl (C=O) groups is 2. The highest BCUT2D eigenvalue weighted by molar-refractivity contribution is 9.10. The fraction of sp³-hybridized carbons (Fsp3) is 0.235. The van der Waals surface area contributed by atoms with E-state index in [1.807, 2.05) is 25.1 Å². The van der Waals surface area contributed by atoms with E-state index in [-0.39, 0.29) is 18.4 Å². The molecule has 2 rings (SSSR count). The van der Waals surface area contributed by atoms with Crippen LogP contribution in [0.3, 0.4) is 0 Å². The van der Waals surface area contributed by atoms with Crippen LogP contribution < -0.4 is 10.1 Å². The number of benzene rings is 1. The number of hydrogen-bond acceptors (Lipinski definition) is 4. The molecular formula is C17H18BrN3O3. The van der Waals surface area contributed by atoms with Gasteiger partial charge in [0.1, 0.15) is 0 Å². The summed E-state index contributed by atoms with van der Waals surface area (Å²) < 4.78 is 5.90. The fourth-order valence-corrected chi connectivity index (χ4v) is 2.57. The molecule has 6 nitrogen and oxygen atoms in total. The molecule has 7 heteroatoms. The number of likely N-dealkylation sites (N-methyl/N-ethyl adjacent to an activating group) is 1. The van der Waals surface area contributed by atoms with Crippen LogP contribution in [-0.2, 0) is 4.79 Å². The molecule has 0 unspecified atom stereocenters. The summed E-state index contributed by atoms with van der Waals surface area (Å²) in [5.41, 5.74) is 2.05. The number of rotatable bonds is 5. The molecule has 0 radical (unpaired) electrons. The van der Waals surface area contributed by atoms with Crippen LogP contribution >= 0.6 is 15.9 Å². The smallest absolute Gasteiger partial charge is 0.255 e. The van der Waals surface area contributed by atoms with Gasteiger partial charge >= 0.3 is 0 Å². The normalized spacial score (nSPS) is 10.2. The van der Waals surface area contributed by atoms with Crippen molar-refractivity contribution in [3.05, 3.63) is 52.1 Å². The molecule has 2 aromatic rings. The fourth-order valence-electron chi connectivity index (χ4n) is 2.09. The number of ether oxygens (including phenoxy) is 1. The van der Waals surface area contributed by atoms with Gasteiger partial charge in [-0.1, -0.05) is 15.9 Å². The average molecular weight is 392 g/mol. The molecule has 1 heterocycles. The van der Waals surface area contributed by atoms with Gasteiger partial charge in [0.15, 0.2) is 0 Å². The second-order valence-electron chi connectivity index (χ2n) is 5.26. The van der Waals surface area contributed by atoms with Crippen LogP contribution in [0.25, 0.3) is 0 Å². The molecule has 0 saturated heterocycles. The average Bonchev–Trinajstić information content (AvgIpc) is 2.56. The highest BCUT2D eigenvalue weighted by atomic mass is 79.9. The maximum atomic E-state index is 12.3. The number of amides is 2. The standard InChI is InChI=1S/C17H18BrN3O3/c1-11-8-13(18)5-6-14(11)20-15(22)10-21(2)17(23)12-4-7-16(24-3)19-9-12/h4-9H,10H2,1-3H3,(H,20,22). The lowest BCUT2D eigenvalue weighted by Gasteiger charge is -2.17. The molecule has 0 bridgehead atoms. The third-order valence-corrected chi connectivity index (χ3v) is 3.88. The minimum atomic E-state index is -0.284. The zero-order valence-electron chi connectivity index (χ0n) is 13.7. The monoisotopic (exact) mass is 391 g/mol. The van der Waals surface area contributed by atoms with Gasteiger partial charge in [-0.2, -0.15) is 0 Å². The minimum Gasteiger partial charge on any atom is -0.481 e. The van der Waals surface area contributed by atoms with Crippen molar-refractivity contribution >= 4 is 33.4 Å². The van der Waals surface area contributed by atoms with Crippen molar-refractivity contribution in [1.82, 2.24) is 9.88 Å². The Balaban J connectivity index is 1.98. The molecule has 0 spiro atoms. The van der Waals surface area contributed by atoms with Gasteiger partial charge in [-0.25, -0.2) is 4.98 Å². The van der Waals surface area contributed by atoms with Crippen molar-refractivity contribution in [1.29, 1.82) is 0 Å². The van der Waals surface area contributed by atoms with Gasteiger partial charge in [0.25, 0.3) is 5.91 Å². The van der Waals surface area contributed by atoms with E-state index in [9.17, 15) is 9.59 Å². The van der Waals surface area contributed by atoms with E-state index in [0.29, 0.717) is 11.4 Å².